The number of nitrogens with zero attached hydrogens (tertiary/aromatic N) is 1. The quantitative estimate of drug-likeness (QED) is 0.505. The smallest absolute Gasteiger partial charge is 0.149 e. The number of hydrogen-bond acceptors (Lipinski definition) is 2. The first-order valence-electron chi connectivity index (χ1n) is 9.12. The Morgan fingerprint density at radius 2 is 1.85 bits per heavy atom. The number of pyridine rings is 1. The molecule has 27 heavy (non-hydrogen) atoms. The largest absolute Gasteiger partial charge is 0.299 e. The molecule has 0 spiro atoms. The highest BCUT2D eigenvalue weighted by atomic mass is 19.1. The number of fused-ring (bicyclic) bond motifs is 1. The van der Waals surface area contributed by atoms with Gasteiger partial charge in [0.1, 0.15) is 17.1 Å². The van der Waals surface area contributed by atoms with Crippen molar-refractivity contribution >= 4 is 16.7 Å². The van der Waals surface area contributed by atoms with Crippen LogP contribution in [-0.2, 0) is 17.6 Å². The summed E-state index contributed by atoms with van der Waals surface area (Å²) >= 11 is 0. The molecule has 0 saturated heterocycles. The Balaban J connectivity index is 1.86. The fourth-order valence-corrected chi connectivity index (χ4v) is 3.64. The number of halogens is 1. The van der Waals surface area contributed by atoms with Crippen LogP contribution >= 0.6 is 0 Å². The standard InChI is InChI=1S/C24H24FNO/c1-17(2)14-24(3,15-18-8-5-4-6-9-18)22(27)13-19-12-20-10-7-11-21(25)23(20)26-16-19/h4-12,16H,1,13-15H2,2-3H3/t24-/m0/s1. The molecule has 0 aliphatic rings. The summed E-state index contributed by atoms with van der Waals surface area (Å²) in [5.74, 6) is -0.200. The van der Waals surface area contributed by atoms with Crippen molar-refractivity contribution in [2.24, 2.45) is 5.41 Å². The summed E-state index contributed by atoms with van der Waals surface area (Å²) in [6.45, 7) is 7.98. The van der Waals surface area contributed by atoms with Crippen LogP contribution in [0.25, 0.3) is 10.9 Å². The van der Waals surface area contributed by atoms with E-state index < -0.39 is 5.41 Å². The molecule has 3 rings (SSSR count). The molecule has 0 radical (unpaired) electrons. The number of Topliss-reactive ketones (excluding diaryl/α,β-unsaturated/α-hetero) is 1. The van der Waals surface area contributed by atoms with Crippen molar-refractivity contribution in [1.82, 2.24) is 4.98 Å². The highest BCUT2D eigenvalue weighted by molar-refractivity contribution is 5.88. The monoisotopic (exact) mass is 361 g/mol. The predicted molar refractivity (Wildman–Crippen MR) is 108 cm³/mol. The summed E-state index contributed by atoms with van der Waals surface area (Å²) in [4.78, 5) is 17.5. The van der Waals surface area contributed by atoms with E-state index in [2.05, 4.69) is 11.6 Å². The SMILES string of the molecule is C=C(C)C[C@@](C)(Cc1ccccc1)C(=O)Cc1cnc2c(F)cccc2c1. The normalized spacial score (nSPS) is 13.3. The van der Waals surface area contributed by atoms with Crippen LogP contribution in [-0.4, -0.2) is 10.8 Å². The Morgan fingerprint density at radius 3 is 2.56 bits per heavy atom. The molecule has 2 aromatic carbocycles. The zero-order valence-corrected chi connectivity index (χ0v) is 15.8. The van der Waals surface area contributed by atoms with Crippen LogP contribution in [0.5, 0.6) is 0 Å². The van der Waals surface area contributed by atoms with E-state index in [1.54, 1.807) is 12.3 Å². The minimum Gasteiger partial charge on any atom is -0.299 e. The maximum atomic E-state index is 13.8. The van der Waals surface area contributed by atoms with Crippen LogP contribution in [0.1, 0.15) is 31.4 Å². The van der Waals surface area contributed by atoms with Crippen LogP contribution in [0.2, 0.25) is 0 Å². The second-order valence-electron chi connectivity index (χ2n) is 7.61. The van der Waals surface area contributed by atoms with Crippen molar-refractivity contribution in [2.45, 2.75) is 33.1 Å². The molecule has 3 heteroatoms. The molecule has 0 unspecified atom stereocenters. The third kappa shape index (κ3) is 4.48. The van der Waals surface area contributed by atoms with Gasteiger partial charge in [-0.3, -0.25) is 9.78 Å². The molecule has 0 saturated carbocycles. The van der Waals surface area contributed by atoms with Gasteiger partial charge in [0.05, 0.1) is 0 Å². The van der Waals surface area contributed by atoms with Gasteiger partial charge in [0.15, 0.2) is 0 Å². The van der Waals surface area contributed by atoms with E-state index in [0.29, 0.717) is 23.7 Å². The fourth-order valence-electron chi connectivity index (χ4n) is 3.64. The van der Waals surface area contributed by atoms with Gasteiger partial charge in [-0.2, -0.15) is 0 Å². The average Bonchev–Trinajstić information content (AvgIpc) is 2.62. The van der Waals surface area contributed by atoms with E-state index in [4.69, 9.17) is 0 Å². The zero-order chi connectivity index (χ0) is 19.4. The van der Waals surface area contributed by atoms with Crippen molar-refractivity contribution in [1.29, 1.82) is 0 Å². The Hall–Kier alpha value is -2.81. The van der Waals surface area contributed by atoms with Gasteiger partial charge in [-0.25, -0.2) is 4.39 Å². The number of carbonyl (C=O) groups is 1. The Kier molecular flexibility index (Phi) is 5.50. The van der Waals surface area contributed by atoms with Crippen molar-refractivity contribution in [3.63, 3.8) is 0 Å². The third-order valence-corrected chi connectivity index (χ3v) is 4.89. The Bertz CT molecular complexity index is 980. The molecular weight excluding hydrogens is 337 g/mol. The number of para-hydroxylation sites is 1. The molecule has 0 N–H and O–H groups in total. The second-order valence-corrected chi connectivity index (χ2v) is 7.61. The molecule has 0 aliphatic carbocycles. The average molecular weight is 361 g/mol. The molecule has 0 bridgehead atoms. The number of carbonyl (C=O) groups excluding carboxylic acids is 1. The molecule has 0 aliphatic heterocycles. The van der Waals surface area contributed by atoms with Crippen molar-refractivity contribution < 1.29 is 9.18 Å². The van der Waals surface area contributed by atoms with E-state index in [1.807, 2.05) is 56.3 Å². The fraction of sp³-hybridized carbons (Fsp3) is 0.250. The number of benzene rings is 2. The Morgan fingerprint density at radius 1 is 1.11 bits per heavy atom. The number of rotatable bonds is 7. The lowest BCUT2D eigenvalue weighted by Crippen LogP contribution is -2.32. The molecule has 1 aromatic heterocycles. The van der Waals surface area contributed by atoms with Gasteiger partial charge in [0.2, 0.25) is 0 Å². The summed E-state index contributed by atoms with van der Waals surface area (Å²) in [6.07, 6.45) is 3.18. The number of allylic oxidation sites excluding steroid dienone is 1. The zero-order valence-electron chi connectivity index (χ0n) is 15.8. The van der Waals surface area contributed by atoms with Crippen molar-refractivity contribution in [2.75, 3.05) is 0 Å². The van der Waals surface area contributed by atoms with Crippen LogP contribution in [0, 0.1) is 11.2 Å². The summed E-state index contributed by atoms with van der Waals surface area (Å²) < 4.78 is 13.8. The number of ketones is 1. The highest BCUT2D eigenvalue weighted by Crippen LogP contribution is 2.32. The molecule has 2 nitrogen and oxygen atoms in total. The van der Waals surface area contributed by atoms with E-state index in [-0.39, 0.29) is 18.0 Å². The molecular formula is C24H24FNO. The van der Waals surface area contributed by atoms with Gasteiger partial charge < -0.3 is 0 Å². The second kappa shape index (κ2) is 7.83. The van der Waals surface area contributed by atoms with Gasteiger partial charge in [-0.1, -0.05) is 55.0 Å². The van der Waals surface area contributed by atoms with Gasteiger partial charge in [-0.05, 0) is 43.0 Å². The van der Waals surface area contributed by atoms with Crippen LogP contribution in [0.3, 0.4) is 0 Å². The van der Waals surface area contributed by atoms with Crippen molar-refractivity contribution in [3.8, 4) is 0 Å². The molecule has 0 amide bonds. The summed E-state index contributed by atoms with van der Waals surface area (Å²) in [5.41, 5.74) is 2.72. The lowest BCUT2D eigenvalue weighted by atomic mass is 9.73. The maximum absolute atomic E-state index is 13.8. The Labute approximate surface area is 159 Å². The topological polar surface area (TPSA) is 30.0 Å². The lowest BCUT2D eigenvalue weighted by Gasteiger charge is -2.29. The number of hydrogen-bond donors (Lipinski definition) is 0. The highest BCUT2D eigenvalue weighted by Gasteiger charge is 2.33. The molecule has 3 aromatic rings. The summed E-state index contributed by atoms with van der Waals surface area (Å²) in [7, 11) is 0. The first-order chi connectivity index (χ1) is 12.9. The van der Waals surface area contributed by atoms with E-state index in [1.165, 1.54) is 6.07 Å². The first-order valence-corrected chi connectivity index (χ1v) is 9.12. The van der Waals surface area contributed by atoms with Gasteiger partial charge in [-0.15, -0.1) is 6.58 Å². The minimum absolute atomic E-state index is 0.145. The predicted octanol–water partition coefficient (Wildman–Crippen LogP) is 5.70. The maximum Gasteiger partial charge on any atom is 0.149 e. The van der Waals surface area contributed by atoms with Crippen LogP contribution in [0.4, 0.5) is 4.39 Å². The molecule has 138 valence electrons. The molecule has 1 atom stereocenters. The van der Waals surface area contributed by atoms with Gasteiger partial charge >= 0.3 is 0 Å². The summed E-state index contributed by atoms with van der Waals surface area (Å²) in [6, 6.07) is 16.8. The lowest BCUT2D eigenvalue weighted by molar-refractivity contribution is -0.127. The van der Waals surface area contributed by atoms with Gasteiger partial charge in [0, 0.05) is 23.4 Å². The van der Waals surface area contributed by atoms with E-state index in [9.17, 15) is 9.18 Å². The minimum atomic E-state index is -0.538. The first kappa shape index (κ1) is 19.0. The van der Waals surface area contributed by atoms with Crippen LogP contribution < -0.4 is 0 Å². The molecule has 1 heterocycles. The summed E-state index contributed by atoms with van der Waals surface area (Å²) in [5, 5.41) is 0.713. The van der Waals surface area contributed by atoms with Gasteiger partial charge in [0.25, 0.3) is 0 Å². The van der Waals surface area contributed by atoms with Crippen LogP contribution in [0.15, 0.2) is 72.9 Å². The van der Waals surface area contributed by atoms with E-state index >= 15 is 0 Å². The van der Waals surface area contributed by atoms with E-state index in [0.717, 1.165) is 16.7 Å². The van der Waals surface area contributed by atoms with Crippen molar-refractivity contribution in [3.05, 3.63) is 89.9 Å². The number of aromatic nitrogens is 1. The molecule has 0 fully saturated rings. The third-order valence-electron chi connectivity index (χ3n) is 4.89.